The number of amides is 2. The van der Waals surface area contributed by atoms with Gasteiger partial charge in [0.1, 0.15) is 17.1 Å². The Morgan fingerprint density at radius 1 is 1.48 bits per heavy atom. The van der Waals surface area contributed by atoms with Gasteiger partial charge in [0.05, 0.1) is 13.2 Å². The van der Waals surface area contributed by atoms with Gasteiger partial charge >= 0.3 is 6.03 Å². The molecule has 116 valence electrons. The molecule has 2 N–H and O–H groups in total. The fourth-order valence-corrected chi connectivity index (χ4v) is 2.54. The van der Waals surface area contributed by atoms with Crippen molar-refractivity contribution in [2.75, 3.05) is 13.7 Å². The highest BCUT2D eigenvalue weighted by molar-refractivity contribution is 5.74. The largest absolute Gasteiger partial charge is 0.497 e. The fourth-order valence-electron chi connectivity index (χ4n) is 2.54. The Morgan fingerprint density at radius 3 is 2.90 bits per heavy atom. The first-order valence-corrected chi connectivity index (χ1v) is 7.36. The zero-order chi connectivity index (χ0) is 15.5. The first-order valence-electron chi connectivity index (χ1n) is 7.36. The van der Waals surface area contributed by atoms with Crippen LogP contribution >= 0.6 is 0 Å². The summed E-state index contributed by atoms with van der Waals surface area (Å²) in [6, 6.07) is 5.46. The van der Waals surface area contributed by atoms with Crippen molar-refractivity contribution < 1.29 is 14.3 Å². The highest BCUT2D eigenvalue weighted by Crippen LogP contribution is 2.40. The molecule has 1 aromatic carbocycles. The summed E-state index contributed by atoms with van der Waals surface area (Å²) in [5.74, 6) is 1.56. The Hall–Kier alpha value is -1.91. The molecule has 0 aliphatic carbocycles. The van der Waals surface area contributed by atoms with Gasteiger partial charge < -0.3 is 20.1 Å². The van der Waals surface area contributed by atoms with Gasteiger partial charge in [0.15, 0.2) is 0 Å². The van der Waals surface area contributed by atoms with Crippen LogP contribution in [0.4, 0.5) is 4.79 Å². The van der Waals surface area contributed by atoms with Gasteiger partial charge in [0, 0.05) is 18.5 Å². The van der Waals surface area contributed by atoms with Gasteiger partial charge in [-0.15, -0.1) is 0 Å². The number of ether oxygens (including phenoxy) is 2. The smallest absolute Gasteiger partial charge is 0.315 e. The second kappa shape index (κ2) is 6.24. The number of benzene rings is 1. The summed E-state index contributed by atoms with van der Waals surface area (Å²) in [4.78, 5) is 12.0. The predicted molar refractivity (Wildman–Crippen MR) is 81.9 cm³/mol. The van der Waals surface area contributed by atoms with Crippen molar-refractivity contribution >= 4 is 6.03 Å². The van der Waals surface area contributed by atoms with E-state index < -0.39 is 0 Å². The molecule has 1 heterocycles. The molecule has 1 atom stereocenters. The summed E-state index contributed by atoms with van der Waals surface area (Å²) >= 11 is 0. The van der Waals surface area contributed by atoms with E-state index in [0.717, 1.165) is 23.5 Å². The second-order valence-electron chi connectivity index (χ2n) is 5.92. The molecule has 0 fully saturated rings. The van der Waals surface area contributed by atoms with Gasteiger partial charge in [0.25, 0.3) is 0 Å². The van der Waals surface area contributed by atoms with Crippen molar-refractivity contribution in [2.24, 2.45) is 0 Å². The van der Waals surface area contributed by atoms with Gasteiger partial charge in [-0.1, -0.05) is 6.92 Å². The summed E-state index contributed by atoms with van der Waals surface area (Å²) in [7, 11) is 1.63. The second-order valence-corrected chi connectivity index (χ2v) is 5.92. The van der Waals surface area contributed by atoms with Crippen LogP contribution in [0.3, 0.4) is 0 Å². The lowest BCUT2D eigenvalue weighted by molar-refractivity contribution is 0.0677. The number of urea groups is 1. The summed E-state index contributed by atoms with van der Waals surface area (Å²) in [6.45, 7) is 6.75. The first kappa shape index (κ1) is 15.5. The van der Waals surface area contributed by atoms with Crippen LogP contribution in [-0.2, 0) is 0 Å². The number of carbonyl (C=O) groups is 1. The molecule has 0 spiro atoms. The molecule has 1 aromatic rings. The number of fused-ring (bicyclic) bond motifs is 1. The summed E-state index contributed by atoms with van der Waals surface area (Å²) in [5.41, 5.74) is 0.643. The Kier molecular flexibility index (Phi) is 4.60. The third-order valence-electron chi connectivity index (χ3n) is 3.52. The van der Waals surface area contributed by atoms with Gasteiger partial charge in [-0.05, 0) is 38.5 Å². The molecule has 5 heteroatoms. The molecule has 0 aromatic heterocycles. The maximum atomic E-state index is 12.0. The third-order valence-corrected chi connectivity index (χ3v) is 3.52. The average Bonchev–Trinajstić information content (AvgIpc) is 2.43. The van der Waals surface area contributed by atoms with Crippen LogP contribution in [0.25, 0.3) is 0 Å². The number of hydrogen-bond acceptors (Lipinski definition) is 3. The molecule has 0 radical (unpaired) electrons. The van der Waals surface area contributed by atoms with Gasteiger partial charge in [-0.25, -0.2) is 4.79 Å². The molecule has 0 saturated heterocycles. The van der Waals surface area contributed by atoms with Crippen molar-refractivity contribution in [3.8, 4) is 11.5 Å². The van der Waals surface area contributed by atoms with E-state index in [2.05, 4.69) is 10.6 Å². The number of rotatable bonds is 4. The van der Waals surface area contributed by atoms with Crippen molar-refractivity contribution in [3.05, 3.63) is 23.8 Å². The minimum atomic E-state index is -0.315. The Morgan fingerprint density at radius 2 is 2.24 bits per heavy atom. The van der Waals surface area contributed by atoms with Crippen molar-refractivity contribution in [1.29, 1.82) is 0 Å². The molecular formula is C16H24N2O3. The van der Waals surface area contributed by atoms with Gasteiger partial charge in [-0.2, -0.15) is 0 Å². The summed E-state index contributed by atoms with van der Waals surface area (Å²) in [6.07, 6.45) is 1.63. The van der Waals surface area contributed by atoms with Crippen molar-refractivity contribution in [1.82, 2.24) is 10.6 Å². The summed E-state index contributed by atoms with van der Waals surface area (Å²) in [5, 5.41) is 5.88. The van der Waals surface area contributed by atoms with E-state index in [9.17, 15) is 4.79 Å². The monoisotopic (exact) mass is 292 g/mol. The normalized spacial score (nSPS) is 19.1. The lowest BCUT2D eigenvalue weighted by atomic mass is 9.89. The average molecular weight is 292 g/mol. The lowest BCUT2D eigenvalue weighted by Gasteiger charge is -2.38. The van der Waals surface area contributed by atoms with E-state index in [1.54, 1.807) is 7.11 Å². The molecule has 1 unspecified atom stereocenters. The van der Waals surface area contributed by atoms with E-state index in [-0.39, 0.29) is 17.7 Å². The molecule has 0 saturated carbocycles. The predicted octanol–water partition coefficient (Wildman–Crippen LogP) is 3.01. The highest BCUT2D eigenvalue weighted by Gasteiger charge is 2.34. The van der Waals surface area contributed by atoms with Crippen LogP contribution in [0.2, 0.25) is 0 Å². The number of methoxy groups -OCH3 is 1. The number of carbonyl (C=O) groups excluding carboxylic acids is 1. The fraction of sp³-hybridized carbons (Fsp3) is 0.562. The Labute approximate surface area is 126 Å². The third kappa shape index (κ3) is 3.80. The van der Waals surface area contributed by atoms with Gasteiger partial charge in [0.2, 0.25) is 0 Å². The molecule has 21 heavy (non-hydrogen) atoms. The van der Waals surface area contributed by atoms with Gasteiger partial charge in [-0.3, -0.25) is 0 Å². The zero-order valence-electron chi connectivity index (χ0n) is 13.2. The molecule has 1 aliphatic heterocycles. The van der Waals surface area contributed by atoms with Crippen LogP contribution in [0.1, 0.15) is 45.2 Å². The van der Waals surface area contributed by atoms with Crippen molar-refractivity contribution in [3.63, 3.8) is 0 Å². The zero-order valence-corrected chi connectivity index (χ0v) is 13.2. The Bertz CT molecular complexity index is 514. The van der Waals surface area contributed by atoms with Crippen LogP contribution in [0.5, 0.6) is 11.5 Å². The van der Waals surface area contributed by atoms with Crippen LogP contribution in [0, 0.1) is 0 Å². The van der Waals surface area contributed by atoms with Crippen LogP contribution in [0.15, 0.2) is 18.2 Å². The van der Waals surface area contributed by atoms with E-state index >= 15 is 0 Å². The maximum absolute atomic E-state index is 12.0. The number of nitrogens with one attached hydrogen (secondary N) is 2. The SMILES string of the molecule is CCCNC(=O)NC1CC(C)(C)Oc2ccc(OC)cc21. The van der Waals surface area contributed by atoms with Crippen molar-refractivity contribution in [2.45, 2.75) is 45.3 Å². The molecule has 0 bridgehead atoms. The Balaban J connectivity index is 2.22. The highest BCUT2D eigenvalue weighted by atomic mass is 16.5. The lowest BCUT2D eigenvalue weighted by Crippen LogP contribution is -2.44. The van der Waals surface area contributed by atoms with Crippen LogP contribution < -0.4 is 20.1 Å². The molecule has 5 nitrogen and oxygen atoms in total. The minimum Gasteiger partial charge on any atom is -0.497 e. The molecule has 2 rings (SSSR count). The van der Waals surface area contributed by atoms with E-state index in [0.29, 0.717) is 13.0 Å². The topological polar surface area (TPSA) is 59.6 Å². The molecule has 2 amide bonds. The molecule has 1 aliphatic rings. The molecular weight excluding hydrogens is 268 g/mol. The summed E-state index contributed by atoms with van der Waals surface area (Å²) < 4.78 is 11.3. The van der Waals surface area contributed by atoms with E-state index in [1.807, 2.05) is 39.0 Å². The van der Waals surface area contributed by atoms with Crippen LogP contribution in [-0.4, -0.2) is 25.3 Å². The van der Waals surface area contributed by atoms with E-state index in [1.165, 1.54) is 0 Å². The first-order chi connectivity index (χ1) is 9.95. The standard InChI is InChI=1S/C16H24N2O3/c1-5-8-17-15(19)18-13-10-16(2,3)21-14-7-6-11(20-4)9-12(13)14/h6-7,9,13H,5,8,10H2,1-4H3,(H2,17,18,19). The van der Waals surface area contributed by atoms with E-state index in [4.69, 9.17) is 9.47 Å². The quantitative estimate of drug-likeness (QED) is 0.897. The maximum Gasteiger partial charge on any atom is 0.315 e. The number of hydrogen-bond donors (Lipinski definition) is 2. The minimum absolute atomic E-state index is 0.0873.